The molecule has 0 spiro atoms. The van der Waals surface area contributed by atoms with E-state index in [1.54, 1.807) is 25.1 Å². The van der Waals surface area contributed by atoms with Gasteiger partial charge in [-0.15, -0.1) is 0 Å². The number of aliphatic hydroxyl groups is 1. The second-order valence-electron chi connectivity index (χ2n) is 4.05. The number of rotatable bonds is 1. The van der Waals surface area contributed by atoms with Crippen LogP contribution in [0.2, 0.25) is 0 Å². The van der Waals surface area contributed by atoms with Gasteiger partial charge in [0.25, 0.3) is 10.1 Å². The molecule has 0 amide bonds. The molecule has 4 N–H and O–H groups in total. The van der Waals surface area contributed by atoms with Gasteiger partial charge in [0.05, 0.1) is 11.0 Å². The van der Waals surface area contributed by atoms with Crippen LogP contribution in [0.25, 0.3) is 0 Å². The lowest BCUT2D eigenvalue weighted by molar-refractivity contribution is 0.172. The van der Waals surface area contributed by atoms with Gasteiger partial charge in [0, 0.05) is 6.04 Å². The van der Waals surface area contributed by atoms with Crippen LogP contribution in [0.3, 0.4) is 0 Å². The highest BCUT2D eigenvalue weighted by Crippen LogP contribution is 2.12. The quantitative estimate of drug-likeness (QED) is 0.520. The van der Waals surface area contributed by atoms with E-state index >= 15 is 0 Å². The fourth-order valence-electron chi connectivity index (χ4n) is 1.51. The molecule has 1 aliphatic carbocycles. The molecule has 0 aliphatic heterocycles. The Hall–Kier alpha value is -1.21. The van der Waals surface area contributed by atoms with Crippen LogP contribution in [0.15, 0.2) is 41.3 Å². The second kappa shape index (κ2) is 6.10. The van der Waals surface area contributed by atoms with Crippen molar-refractivity contribution in [3.63, 3.8) is 0 Å². The first-order valence-corrected chi connectivity index (χ1v) is 6.90. The largest absolute Gasteiger partial charge is 0.391 e. The summed E-state index contributed by atoms with van der Waals surface area (Å²) in [6.45, 7) is 1.63. The predicted molar refractivity (Wildman–Crippen MR) is 68.7 cm³/mol. The van der Waals surface area contributed by atoms with Crippen LogP contribution < -0.4 is 5.73 Å². The van der Waals surface area contributed by atoms with Crippen LogP contribution >= 0.6 is 0 Å². The van der Waals surface area contributed by atoms with Crippen LogP contribution in [-0.4, -0.2) is 30.2 Å². The van der Waals surface area contributed by atoms with E-state index < -0.39 is 10.1 Å². The average molecular weight is 271 g/mol. The van der Waals surface area contributed by atoms with Gasteiger partial charge in [-0.1, -0.05) is 30.4 Å². The summed E-state index contributed by atoms with van der Waals surface area (Å²) in [5.74, 6) is 0. The van der Waals surface area contributed by atoms with Crippen LogP contribution in [0.4, 0.5) is 0 Å². The first kappa shape index (κ1) is 14.8. The molecule has 1 aromatic rings. The lowest BCUT2D eigenvalue weighted by Gasteiger charge is -2.04. The summed E-state index contributed by atoms with van der Waals surface area (Å²) in [6, 6.07) is 6.16. The van der Waals surface area contributed by atoms with E-state index in [2.05, 4.69) is 0 Å². The first-order chi connectivity index (χ1) is 8.32. The van der Waals surface area contributed by atoms with Crippen molar-refractivity contribution in [2.75, 3.05) is 0 Å². The van der Waals surface area contributed by atoms with Crippen molar-refractivity contribution in [3.8, 4) is 0 Å². The topological polar surface area (TPSA) is 101 Å². The highest BCUT2D eigenvalue weighted by atomic mass is 32.2. The normalized spacial score (nSPS) is 22.4. The van der Waals surface area contributed by atoms with Crippen LogP contribution in [0.1, 0.15) is 12.0 Å². The minimum Gasteiger partial charge on any atom is -0.391 e. The lowest BCUT2D eigenvalue weighted by Crippen LogP contribution is -2.28. The van der Waals surface area contributed by atoms with E-state index in [1.165, 1.54) is 6.07 Å². The molecule has 18 heavy (non-hydrogen) atoms. The van der Waals surface area contributed by atoms with E-state index in [1.807, 2.05) is 12.2 Å². The smallest absolute Gasteiger partial charge is 0.294 e. The van der Waals surface area contributed by atoms with Crippen molar-refractivity contribution >= 4 is 10.1 Å². The molecule has 2 unspecified atom stereocenters. The molecule has 0 saturated heterocycles. The van der Waals surface area contributed by atoms with Gasteiger partial charge >= 0.3 is 0 Å². The Kier molecular flexibility index (Phi) is 5.03. The van der Waals surface area contributed by atoms with Crippen molar-refractivity contribution in [1.29, 1.82) is 0 Å². The highest BCUT2D eigenvalue weighted by molar-refractivity contribution is 7.85. The monoisotopic (exact) mass is 271 g/mol. The van der Waals surface area contributed by atoms with E-state index in [4.69, 9.17) is 15.4 Å². The van der Waals surface area contributed by atoms with Crippen LogP contribution in [-0.2, 0) is 10.1 Å². The van der Waals surface area contributed by atoms with Gasteiger partial charge in [0.1, 0.15) is 0 Å². The van der Waals surface area contributed by atoms with Gasteiger partial charge in [-0.3, -0.25) is 4.55 Å². The molecule has 1 aliphatic rings. The SMILES string of the molecule is Cc1ccccc1S(=O)(=O)O.NC1C=CCC1O. The summed E-state index contributed by atoms with van der Waals surface area (Å²) in [7, 11) is -4.03. The van der Waals surface area contributed by atoms with E-state index in [-0.39, 0.29) is 17.0 Å². The molecule has 0 heterocycles. The van der Waals surface area contributed by atoms with Gasteiger partial charge in [-0.2, -0.15) is 8.42 Å². The number of benzene rings is 1. The number of nitrogens with two attached hydrogens (primary N) is 1. The molecule has 0 fully saturated rings. The molecule has 1 aromatic carbocycles. The number of hydrogen-bond acceptors (Lipinski definition) is 4. The molecule has 6 heteroatoms. The average Bonchev–Trinajstić information content (AvgIpc) is 2.63. The zero-order valence-corrected chi connectivity index (χ0v) is 10.8. The van der Waals surface area contributed by atoms with Gasteiger partial charge in [0.15, 0.2) is 0 Å². The van der Waals surface area contributed by atoms with Crippen LogP contribution in [0.5, 0.6) is 0 Å². The Morgan fingerprint density at radius 2 is 1.94 bits per heavy atom. The van der Waals surface area contributed by atoms with Gasteiger partial charge in [-0.25, -0.2) is 0 Å². The Balaban J connectivity index is 0.000000199. The third kappa shape index (κ3) is 4.23. The van der Waals surface area contributed by atoms with Crippen molar-refractivity contribution in [2.45, 2.75) is 30.4 Å². The zero-order valence-electron chi connectivity index (χ0n) is 10.0. The van der Waals surface area contributed by atoms with Crippen molar-refractivity contribution in [2.24, 2.45) is 5.73 Å². The van der Waals surface area contributed by atoms with Crippen molar-refractivity contribution in [1.82, 2.24) is 0 Å². The maximum Gasteiger partial charge on any atom is 0.294 e. The minimum absolute atomic E-state index is 0.0278. The predicted octanol–water partition coefficient (Wildman–Crippen LogP) is 0.876. The molecule has 0 bridgehead atoms. The molecule has 0 radical (unpaired) electrons. The van der Waals surface area contributed by atoms with Crippen LogP contribution in [0, 0.1) is 6.92 Å². The summed E-state index contributed by atoms with van der Waals surface area (Å²) in [5, 5.41) is 8.81. The molecule has 2 atom stereocenters. The lowest BCUT2D eigenvalue weighted by atomic mass is 10.2. The number of aryl methyl sites for hydroxylation is 1. The summed E-state index contributed by atoms with van der Waals surface area (Å²) in [4.78, 5) is -0.0278. The molecule has 100 valence electrons. The summed E-state index contributed by atoms with van der Waals surface area (Å²) in [6.07, 6.45) is 4.13. The summed E-state index contributed by atoms with van der Waals surface area (Å²) in [5.41, 5.74) is 5.89. The Bertz CT molecular complexity index is 525. The Labute approximate surface area is 107 Å². The molecular weight excluding hydrogens is 254 g/mol. The van der Waals surface area contributed by atoms with Gasteiger partial charge < -0.3 is 10.8 Å². The second-order valence-corrected chi connectivity index (χ2v) is 5.44. The summed E-state index contributed by atoms with van der Waals surface area (Å²) < 4.78 is 29.9. The van der Waals surface area contributed by atoms with E-state index in [9.17, 15) is 8.42 Å². The molecule has 2 rings (SSSR count). The maximum absolute atomic E-state index is 10.6. The standard InChI is InChI=1S/C7H8O3S.C5H9NO/c1-6-4-2-3-5-7(6)11(8,9)10;6-4-2-1-3-5(4)7/h2-5H,1H3,(H,8,9,10);1-2,4-5,7H,3,6H2. The maximum atomic E-state index is 10.6. The molecule has 0 aromatic heterocycles. The molecular formula is C12H17NO4S. The molecule has 0 saturated carbocycles. The van der Waals surface area contributed by atoms with E-state index in [0.717, 1.165) is 6.42 Å². The van der Waals surface area contributed by atoms with Gasteiger partial charge in [0.2, 0.25) is 0 Å². The fourth-order valence-corrected chi connectivity index (χ4v) is 2.23. The zero-order chi connectivity index (χ0) is 13.8. The Morgan fingerprint density at radius 1 is 1.33 bits per heavy atom. The first-order valence-electron chi connectivity index (χ1n) is 5.46. The third-order valence-electron chi connectivity index (χ3n) is 2.55. The Morgan fingerprint density at radius 3 is 2.22 bits per heavy atom. The molecule has 5 nitrogen and oxygen atoms in total. The van der Waals surface area contributed by atoms with Crippen molar-refractivity contribution in [3.05, 3.63) is 42.0 Å². The fraction of sp³-hybridized carbons (Fsp3) is 0.333. The van der Waals surface area contributed by atoms with Gasteiger partial charge in [-0.05, 0) is 25.0 Å². The minimum atomic E-state index is -4.03. The number of hydrogen-bond donors (Lipinski definition) is 3. The highest BCUT2D eigenvalue weighted by Gasteiger charge is 2.14. The third-order valence-corrected chi connectivity index (χ3v) is 3.57. The summed E-state index contributed by atoms with van der Waals surface area (Å²) >= 11 is 0. The van der Waals surface area contributed by atoms with E-state index in [0.29, 0.717) is 5.56 Å². The van der Waals surface area contributed by atoms with Crippen molar-refractivity contribution < 1.29 is 18.1 Å². The number of aliphatic hydroxyl groups excluding tert-OH is 1.